The Morgan fingerprint density at radius 3 is 2.51 bits per heavy atom. The zero-order valence-corrected chi connectivity index (χ0v) is 24.9. The van der Waals surface area contributed by atoms with E-state index >= 15 is 0 Å². The number of rotatable bonds is 6. The number of piperidine rings is 1. The molecule has 1 saturated heterocycles. The average molecular weight is 582 g/mol. The van der Waals surface area contributed by atoms with Gasteiger partial charge >= 0.3 is 6.09 Å². The van der Waals surface area contributed by atoms with E-state index in [4.69, 9.17) is 16.3 Å². The number of likely N-dealkylation sites (tertiary alicyclic amines) is 1. The molecule has 0 spiro atoms. The molecule has 218 valence electrons. The number of benzene rings is 2. The molecule has 4 rings (SSSR count). The van der Waals surface area contributed by atoms with Crippen LogP contribution >= 0.6 is 11.6 Å². The molecule has 0 bridgehead atoms. The second-order valence-corrected chi connectivity index (χ2v) is 12.0. The lowest BCUT2D eigenvalue weighted by molar-refractivity contribution is -0.118. The van der Waals surface area contributed by atoms with E-state index in [1.807, 2.05) is 45.0 Å². The van der Waals surface area contributed by atoms with Gasteiger partial charge in [0.2, 0.25) is 5.91 Å². The number of amides is 2. The van der Waals surface area contributed by atoms with Crippen LogP contribution in [0.15, 0.2) is 59.5 Å². The fourth-order valence-corrected chi connectivity index (χ4v) is 5.68. The smallest absolute Gasteiger partial charge is 0.410 e. The molecule has 3 aromatic rings. The summed E-state index contributed by atoms with van der Waals surface area (Å²) >= 11 is 6.94. The normalized spacial score (nSPS) is 17.3. The van der Waals surface area contributed by atoms with Gasteiger partial charge in [-0.1, -0.05) is 29.8 Å². The summed E-state index contributed by atoms with van der Waals surface area (Å²) in [4.78, 5) is 38.5. The highest BCUT2D eigenvalue weighted by molar-refractivity contribution is 6.31. The van der Waals surface area contributed by atoms with Crippen molar-refractivity contribution in [3.63, 3.8) is 0 Å². The Morgan fingerprint density at radius 2 is 1.85 bits per heavy atom. The first-order chi connectivity index (χ1) is 19.3. The maximum absolute atomic E-state index is 14.3. The van der Waals surface area contributed by atoms with Gasteiger partial charge in [-0.15, -0.1) is 0 Å². The molecule has 0 radical (unpaired) electrons. The summed E-state index contributed by atoms with van der Waals surface area (Å²) in [5.74, 6) is -0.737. The van der Waals surface area contributed by atoms with E-state index in [2.05, 4.69) is 5.32 Å². The molecule has 0 aliphatic carbocycles. The van der Waals surface area contributed by atoms with Crippen molar-refractivity contribution < 1.29 is 18.7 Å². The Kier molecular flexibility index (Phi) is 9.22. The molecule has 1 aliphatic heterocycles. The predicted molar refractivity (Wildman–Crippen MR) is 159 cm³/mol. The fraction of sp³-hybridized carbons (Fsp3) is 0.406. The monoisotopic (exact) mass is 581 g/mol. The molecule has 41 heavy (non-hydrogen) atoms. The van der Waals surface area contributed by atoms with Crippen LogP contribution in [-0.4, -0.2) is 46.7 Å². The molecule has 2 aromatic carbocycles. The van der Waals surface area contributed by atoms with Crippen LogP contribution in [0.2, 0.25) is 5.02 Å². The Hall–Kier alpha value is -3.65. The maximum atomic E-state index is 14.3. The molecular weight excluding hydrogens is 545 g/mol. The van der Waals surface area contributed by atoms with Crippen LogP contribution in [0.3, 0.4) is 0 Å². The van der Waals surface area contributed by atoms with E-state index in [-0.39, 0.29) is 35.2 Å². The second kappa shape index (κ2) is 12.5. The van der Waals surface area contributed by atoms with Gasteiger partial charge in [0, 0.05) is 56.8 Å². The standard InChI is InChI=1S/C32H37ClFN3O4/c1-20(38)35-13-10-21-6-8-24(34)18-27(21)22-7-9-26(29(33)16-22)28-19-37(31(40)41-32(2,3)4)15-12-25(28)23-11-14-36(5)30(39)17-23/h6-9,11,14,16-18,25,28H,10,12-13,15,19H2,1-5H3,(H,35,38)/t25-,28+/m1/s1. The molecular formula is C32H37ClFN3O4. The van der Waals surface area contributed by atoms with E-state index < -0.39 is 5.60 Å². The summed E-state index contributed by atoms with van der Waals surface area (Å²) in [6, 6.07) is 13.9. The number of nitrogens with zero attached hydrogens (tertiary/aromatic N) is 2. The number of aromatic nitrogens is 1. The van der Waals surface area contributed by atoms with E-state index in [9.17, 15) is 18.8 Å². The number of hydrogen-bond donors (Lipinski definition) is 1. The SMILES string of the molecule is CC(=O)NCCc1ccc(F)cc1-c1ccc([C@H]2CN(C(=O)OC(C)(C)C)CC[C@@H]2c2ccn(C)c(=O)c2)c(Cl)c1. The largest absolute Gasteiger partial charge is 0.444 e. The first-order valence-electron chi connectivity index (χ1n) is 13.8. The molecule has 1 aromatic heterocycles. The van der Waals surface area contributed by atoms with E-state index in [1.165, 1.54) is 23.6 Å². The zero-order valence-electron chi connectivity index (χ0n) is 24.2. The fourth-order valence-electron chi connectivity index (χ4n) is 5.36. The highest BCUT2D eigenvalue weighted by Crippen LogP contribution is 2.43. The number of nitrogens with one attached hydrogen (secondary N) is 1. The number of carbonyl (C=O) groups excluding carboxylic acids is 2. The van der Waals surface area contributed by atoms with Crippen molar-refractivity contribution in [1.82, 2.24) is 14.8 Å². The number of halogens is 2. The molecule has 1 N–H and O–H groups in total. The Morgan fingerprint density at radius 1 is 1.10 bits per heavy atom. The van der Waals surface area contributed by atoms with Crippen molar-refractivity contribution in [2.45, 2.75) is 58.0 Å². The lowest BCUT2D eigenvalue weighted by Crippen LogP contribution is -2.44. The van der Waals surface area contributed by atoms with Crippen molar-refractivity contribution in [1.29, 1.82) is 0 Å². The van der Waals surface area contributed by atoms with Crippen LogP contribution in [0.4, 0.5) is 9.18 Å². The number of ether oxygens (including phenoxy) is 1. The van der Waals surface area contributed by atoms with Crippen LogP contribution in [0.1, 0.15) is 62.6 Å². The minimum absolute atomic E-state index is 0.0478. The Labute approximate surface area is 245 Å². The quantitative estimate of drug-likeness (QED) is 0.385. The Bertz CT molecular complexity index is 1500. The van der Waals surface area contributed by atoms with Gasteiger partial charge in [0.25, 0.3) is 5.56 Å². The lowest BCUT2D eigenvalue weighted by atomic mass is 9.76. The van der Waals surface area contributed by atoms with Gasteiger partial charge in [-0.2, -0.15) is 0 Å². The van der Waals surface area contributed by atoms with Gasteiger partial charge in [-0.25, -0.2) is 9.18 Å². The molecule has 2 amide bonds. The van der Waals surface area contributed by atoms with Crippen LogP contribution in [0.5, 0.6) is 0 Å². The molecule has 0 unspecified atom stereocenters. The van der Waals surface area contributed by atoms with E-state index in [0.29, 0.717) is 43.1 Å². The third-order valence-electron chi connectivity index (χ3n) is 7.37. The van der Waals surface area contributed by atoms with Gasteiger partial charge in [-0.3, -0.25) is 9.59 Å². The minimum Gasteiger partial charge on any atom is -0.444 e. The molecule has 1 fully saturated rings. The van der Waals surface area contributed by atoms with Crippen LogP contribution < -0.4 is 10.9 Å². The van der Waals surface area contributed by atoms with Crippen molar-refractivity contribution >= 4 is 23.6 Å². The van der Waals surface area contributed by atoms with Crippen LogP contribution in [0.25, 0.3) is 11.1 Å². The van der Waals surface area contributed by atoms with Gasteiger partial charge < -0.3 is 19.5 Å². The zero-order chi connectivity index (χ0) is 29.9. The number of carbonyl (C=O) groups is 2. The summed E-state index contributed by atoms with van der Waals surface area (Å²) in [6.45, 7) is 8.25. The summed E-state index contributed by atoms with van der Waals surface area (Å²) in [5, 5.41) is 3.27. The van der Waals surface area contributed by atoms with Crippen molar-refractivity contribution in [3.8, 4) is 11.1 Å². The molecule has 7 nitrogen and oxygen atoms in total. The summed E-state index contributed by atoms with van der Waals surface area (Å²) in [6.07, 6.45) is 2.53. The lowest BCUT2D eigenvalue weighted by Gasteiger charge is -2.40. The topological polar surface area (TPSA) is 80.6 Å². The third kappa shape index (κ3) is 7.55. The van der Waals surface area contributed by atoms with Gasteiger partial charge in [-0.05, 0) is 91.6 Å². The van der Waals surface area contributed by atoms with Gasteiger partial charge in [0.15, 0.2) is 0 Å². The number of pyridine rings is 1. The molecule has 9 heteroatoms. The van der Waals surface area contributed by atoms with Crippen LogP contribution in [0, 0.1) is 5.82 Å². The van der Waals surface area contributed by atoms with E-state index in [0.717, 1.165) is 22.3 Å². The summed E-state index contributed by atoms with van der Waals surface area (Å²) in [5.41, 5.74) is 3.34. The first-order valence-corrected chi connectivity index (χ1v) is 14.2. The maximum Gasteiger partial charge on any atom is 0.410 e. The molecule has 0 saturated carbocycles. The van der Waals surface area contributed by atoms with Gasteiger partial charge in [0.05, 0.1) is 0 Å². The second-order valence-electron chi connectivity index (χ2n) is 11.6. The first kappa shape index (κ1) is 30.3. The molecule has 2 heterocycles. The van der Waals surface area contributed by atoms with Crippen molar-refractivity contribution in [2.75, 3.05) is 19.6 Å². The average Bonchev–Trinajstić information content (AvgIpc) is 2.89. The minimum atomic E-state index is -0.628. The number of hydrogen-bond acceptors (Lipinski definition) is 4. The van der Waals surface area contributed by atoms with Crippen molar-refractivity contribution in [2.24, 2.45) is 7.05 Å². The summed E-state index contributed by atoms with van der Waals surface area (Å²) in [7, 11) is 1.71. The van der Waals surface area contributed by atoms with Crippen molar-refractivity contribution in [3.05, 3.63) is 92.6 Å². The van der Waals surface area contributed by atoms with Crippen LogP contribution in [-0.2, 0) is 23.0 Å². The molecule has 1 aliphatic rings. The Balaban J connectivity index is 1.70. The highest BCUT2D eigenvalue weighted by atomic mass is 35.5. The van der Waals surface area contributed by atoms with Gasteiger partial charge in [0.1, 0.15) is 11.4 Å². The van der Waals surface area contributed by atoms with E-state index in [1.54, 1.807) is 30.3 Å². The number of aryl methyl sites for hydroxylation is 1. The highest BCUT2D eigenvalue weighted by Gasteiger charge is 2.36. The summed E-state index contributed by atoms with van der Waals surface area (Å²) < 4.78 is 21.5. The predicted octanol–water partition coefficient (Wildman–Crippen LogP) is 6.03. The third-order valence-corrected chi connectivity index (χ3v) is 7.70. The molecule has 2 atom stereocenters.